The van der Waals surface area contributed by atoms with E-state index in [0.717, 1.165) is 45.4 Å². The Bertz CT molecular complexity index is 377. The van der Waals surface area contributed by atoms with Gasteiger partial charge in [-0.25, -0.2) is 0 Å². The van der Waals surface area contributed by atoms with Gasteiger partial charge in [-0.15, -0.1) is 12.4 Å². The van der Waals surface area contributed by atoms with Crippen molar-refractivity contribution in [2.75, 3.05) is 32.7 Å². The number of halogens is 1. The molecule has 120 valence electrons. The van der Waals surface area contributed by atoms with Crippen molar-refractivity contribution in [3.8, 4) is 0 Å². The maximum atomic E-state index is 12.6. The third-order valence-electron chi connectivity index (χ3n) is 4.92. The molecule has 2 heterocycles. The van der Waals surface area contributed by atoms with Crippen LogP contribution >= 0.6 is 12.4 Å². The summed E-state index contributed by atoms with van der Waals surface area (Å²) < 4.78 is 0. The zero-order valence-electron chi connectivity index (χ0n) is 12.6. The number of carbonyl (C=O) groups excluding carboxylic acids is 2. The van der Waals surface area contributed by atoms with E-state index in [1.807, 2.05) is 9.80 Å². The van der Waals surface area contributed by atoms with Gasteiger partial charge in [-0.2, -0.15) is 0 Å². The molecule has 0 spiro atoms. The predicted octanol–water partition coefficient (Wildman–Crippen LogP) is 1.02. The highest BCUT2D eigenvalue weighted by atomic mass is 35.5. The van der Waals surface area contributed by atoms with Gasteiger partial charge in [0.1, 0.15) is 0 Å². The molecule has 3 aliphatic rings. The first kappa shape index (κ1) is 16.6. The molecular weight excluding hydrogens is 290 g/mol. The van der Waals surface area contributed by atoms with E-state index in [0.29, 0.717) is 19.0 Å². The average Bonchev–Trinajstić information content (AvgIpc) is 3.01. The summed E-state index contributed by atoms with van der Waals surface area (Å²) in [4.78, 5) is 28.7. The maximum Gasteiger partial charge on any atom is 0.228 e. The van der Waals surface area contributed by atoms with Gasteiger partial charge in [0.2, 0.25) is 11.8 Å². The average molecular weight is 316 g/mol. The highest BCUT2D eigenvalue weighted by Crippen LogP contribution is 2.30. The molecule has 6 heteroatoms. The summed E-state index contributed by atoms with van der Waals surface area (Å²) in [6.07, 6.45) is 6.15. The number of likely N-dealkylation sites (tertiary alicyclic amines) is 1. The van der Waals surface area contributed by atoms with Crippen molar-refractivity contribution in [2.24, 2.45) is 5.92 Å². The molecule has 1 saturated carbocycles. The Morgan fingerprint density at radius 3 is 2.62 bits per heavy atom. The van der Waals surface area contributed by atoms with Crippen LogP contribution in [0.5, 0.6) is 0 Å². The second-order valence-electron chi connectivity index (χ2n) is 6.31. The summed E-state index contributed by atoms with van der Waals surface area (Å²) in [5.41, 5.74) is 0. The van der Waals surface area contributed by atoms with Crippen molar-refractivity contribution < 1.29 is 9.59 Å². The van der Waals surface area contributed by atoms with Crippen molar-refractivity contribution in [3.63, 3.8) is 0 Å². The number of carbonyl (C=O) groups is 2. The van der Waals surface area contributed by atoms with Crippen LogP contribution in [0.3, 0.4) is 0 Å². The van der Waals surface area contributed by atoms with Crippen molar-refractivity contribution in [1.29, 1.82) is 0 Å². The van der Waals surface area contributed by atoms with E-state index < -0.39 is 0 Å². The van der Waals surface area contributed by atoms with Gasteiger partial charge in [0.15, 0.2) is 0 Å². The highest BCUT2D eigenvalue weighted by Gasteiger charge is 2.40. The lowest BCUT2D eigenvalue weighted by molar-refractivity contribution is -0.135. The summed E-state index contributed by atoms with van der Waals surface area (Å²) >= 11 is 0. The van der Waals surface area contributed by atoms with Crippen molar-refractivity contribution in [2.45, 2.75) is 44.6 Å². The van der Waals surface area contributed by atoms with E-state index >= 15 is 0 Å². The third kappa shape index (κ3) is 3.69. The molecule has 0 aromatic carbocycles. The Balaban J connectivity index is 0.00000161. The van der Waals surface area contributed by atoms with E-state index in [-0.39, 0.29) is 30.1 Å². The molecule has 1 N–H and O–H groups in total. The lowest BCUT2D eigenvalue weighted by Crippen LogP contribution is -2.40. The molecule has 0 aromatic rings. The SMILES string of the molecule is Cl.O=C(C1CC(=O)N(C2CCCC2)C1)N1CCCNCC1. The molecule has 0 bridgehead atoms. The lowest BCUT2D eigenvalue weighted by Gasteiger charge is -2.26. The van der Waals surface area contributed by atoms with Crippen molar-refractivity contribution in [1.82, 2.24) is 15.1 Å². The number of hydrogen-bond acceptors (Lipinski definition) is 3. The lowest BCUT2D eigenvalue weighted by atomic mass is 10.1. The summed E-state index contributed by atoms with van der Waals surface area (Å²) in [5, 5.41) is 3.31. The molecule has 2 saturated heterocycles. The van der Waals surface area contributed by atoms with Gasteiger partial charge in [-0.05, 0) is 25.8 Å². The maximum absolute atomic E-state index is 12.6. The zero-order chi connectivity index (χ0) is 13.9. The topological polar surface area (TPSA) is 52.7 Å². The number of nitrogens with one attached hydrogen (secondary N) is 1. The summed E-state index contributed by atoms with van der Waals surface area (Å²) in [7, 11) is 0. The second-order valence-corrected chi connectivity index (χ2v) is 6.31. The van der Waals surface area contributed by atoms with Gasteiger partial charge in [-0.3, -0.25) is 9.59 Å². The molecule has 2 amide bonds. The number of amides is 2. The zero-order valence-corrected chi connectivity index (χ0v) is 13.4. The van der Waals surface area contributed by atoms with Gasteiger partial charge < -0.3 is 15.1 Å². The highest BCUT2D eigenvalue weighted by molar-refractivity contribution is 5.89. The van der Waals surface area contributed by atoms with Gasteiger partial charge in [0.25, 0.3) is 0 Å². The van der Waals surface area contributed by atoms with Gasteiger partial charge in [0, 0.05) is 38.6 Å². The van der Waals surface area contributed by atoms with Crippen LogP contribution in [-0.4, -0.2) is 60.4 Å². The van der Waals surface area contributed by atoms with Crippen LogP contribution in [0.15, 0.2) is 0 Å². The Morgan fingerprint density at radius 1 is 1.10 bits per heavy atom. The quantitative estimate of drug-likeness (QED) is 0.828. The monoisotopic (exact) mass is 315 g/mol. The predicted molar refractivity (Wildman–Crippen MR) is 83.4 cm³/mol. The van der Waals surface area contributed by atoms with Crippen LogP contribution in [0.2, 0.25) is 0 Å². The first-order valence-corrected chi connectivity index (χ1v) is 8.04. The molecule has 2 aliphatic heterocycles. The smallest absolute Gasteiger partial charge is 0.228 e. The number of rotatable bonds is 2. The van der Waals surface area contributed by atoms with E-state index in [4.69, 9.17) is 0 Å². The van der Waals surface area contributed by atoms with Crippen LogP contribution in [0.25, 0.3) is 0 Å². The fourth-order valence-electron chi connectivity index (χ4n) is 3.79. The van der Waals surface area contributed by atoms with Crippen LogP contribution in [0, 0.1) is 5.92 Å². The first-order valence-electron chi connectivity index (χ1n) is 8.04. The van der Waals surface area contributed by atoms with E-state index in [1.165, 1.54) is 12.8 Å². The van der Waals surface area contributed by atoms with Crippen LogP contribution in [0.4, 0.5) is 0 Å². The molecule has 1 atom stereocenters. The van der Waals surface area contributed by atoms with Crippen LogP contribution < -0.4 is 5.32 Å². The summed E-state index contributed by atoms with van der Waals surface area (Å²) in [5.74, 6) is 0.298. The molecule has 1 aliphatic carbocycles. The molecule has 3 rings (SSSR count). The number of hydrogen-bond donors (Lipinski definition) is 1. The molecule has 3 fully saturated rings. The second kappa shape index (κ2) is 7.45. The fourth-order valence-corrected chi connectivity index (χ4v) is 3.79. The van der Waals surface area contributed by atoms with Gasteiger partial charge >= 0.3 is 0 Å². The largest absolute Gasteiger partial charge is 0.341 e. The number of nitrogens with zero attached hydrogens (tertiary/aromatic N) is 2. The standard InChI is InChI=1S/C15H25N3O2.ClH/c19-14-10-12(11-18(14)13-4-1-2-5-13)15(20)17-8-3-6-16-7-9-17;/h12-13,16H,1-11H2;1H. The van der Waals surface area contributed by atoms with Crippen LogP contribution in [-0.2, 0) is 9.59 Å². The van der Waals surface area contributed by atoms with E-state index in [9.17, 15) is 9.59 Å². The fraction of sp³-hybridized carbons (Fsp3) is 0.867. The molecule has 0 aromatic heterocycles. The summed E-state index contributed by atoms with van der Waals surface area (Å²) in [6, 6.07) is 0.408. The van der Waals surface area contributed by atoms with E-state index in [1.54, 1.807) is 0 Å². The van der Waals surface area contributed by atoms with Crippen molar-refractivity contribution in [3.05, 3.63) is 0 Å². The Labute approximate surface area is 132 Å². The van der Waals surface area contributed by atoms with E-state index in [2.05, 4.69) is 5.32 Å². The molecule has 5 nitrogen and oxygen atoms in total. The van der Waals surface area contributed by atoms with Crippen molar-refractivity contribution >= 4 is 24.2 Å². The normalized spacial score (nSPS) is 27.6. The minimum absolute atomic E-state index is 0. The molecule has 1 unspecified atom stereocenters. The first-order chi connectivity index (χ1) is 9.75. The molecular formula is C15H26ClN3O2. The van der Waals surface area contributed by atoms with Crippen LogP contribution in [0.1, 0.15) is 38.5 Å². The van der Waals surface area contributed by atoms with Gasteiger partial charge in [0.05, 0.1) is 5.92 Å². The molecule has 0 radical (unpaired) electrons. The molecule has 21 heavy (non-hydrogen) atoms. The minimum atomic E-state index is -0.0961. The van der Waals surface area contributed by atoms with Gasteiger partial charge in [-0.1, -0.05) is 12.8 Å². The minimum Gasteiger partial charge on any atom is -0.341 e. The Hall–Kier alpha value is -0.810. The third-order valence-corrected chi connectivity index (χ3v) is 4.92. The summed E-state index contributed by atoms with van der Waals surface area (Å²) in [6.45, 7) is 4.14. The Morgan fingerprint density at radius 2 is 1.86 bits per heavy atom. The Kier molecular flexibility index (Phi) is 5.88.